The zero-order valence-corrected chi connectivity index (χ0v) is 14.2. The van der Waals surface area contributed by atoms with Gasteiger partial charge in [0.15, 0.2) is 5.83 Å². The molecule has 1 aliphatic carbocycles. The molecule has 0 amide bonds. The Balaban J connectivity index is 1.81. The molecule has 0 unspecified atom stereocenters. The van der Waals surface area contributed by atoms with Crippen molar-refractivity contribution in [2.45, 2.75) is 38.1 Å². The van der Waals surface area contributed by atoms with Crippen LogP contribution in [-0.4, -0.2) is 18.4 Å². The molecular weight excluding hydrogens is 366 g/mol. The smallest absolute Gasteiger partial charge is 0.459 e. The second-order valence-electron chi connectivity index (χ2n) is 6.03. The fraction of sp³-hybridized carbons (Fsp3) is 0.368. The number of hydrogen-bond donors (Lipinski definition) is 0. The average molecular weight is 383 g/mol. The first-order chi connectivity index (χ1) is 12.8. The van der Waals surface area contributed by atoms with Crippen molar-refractivity contribution in [3.05, 3.63) is 53.9 Å². The van der Waals surface area contributed by atoms with Gasteiger partial charge in [-0.15, -0.1) is 13.2 Å². The van der Waals surface area contributed by atoms with Gasteiger partial charge in [0.05, 0.1) is 5.56 Å². The minimum absolute atomic E-state index is 0.142. The van der Waals surface area contributed by atoms with Gasteiger partial charge < -0.3 is 9.47 Å². The Morgan fingerprint density at radius 3 is 2.33 bits per heavy atom. The van der Waals surface area contributed by atoms with Crippen molar-refractivity contribution in [2.24, 2.45) is 5.92 Å². The first kappa shape index (κ1) is 20.5. The number of carbonyl (C=O) groups is 1. The Morgan fingerprint density at radius 2 is 1.78 bits per heavy atom. The number of rotatable bonds is 5. The number of nitrogens with zero attached hydrogens (tertiary/aromatic N) is 1. The van der Waals surface area contributed by atoms with Crippen molar-refractivity contribution in [1.82, 2.24) is 0 Å². The molecule has 144 valence electrons. The number of allylic oxidation sites excluding steroid dienone is 4. The largest absolute Gasteiger partial charge is 0.573 e. The van der Waals surface area contributed by atoms with Gasteiger partial charge in [-0.1, -0.05) is 12.2 Å². The molecule has 0 radical (unpaired) electrons. The fourth-order valence-corrected chi connectivity index (χ4v) is 2.75. The number of halogens is 4. The Kier molecular flexibility index (Phi) is 6.99. The molecule has 0 saturated heterocycles. The van der Waals surface area contributed by atoms with Crippen LogP contribution < -0.4 is 4.74 Å². The molecule has 0 aliphatic heterocycles. The zero-order valence-electron chi connectivity index (χ0n) is 14.2. The van der Waals surface area contributed by atoms with Crippen molar-refractivity contribution in [3.63, 3.8) is 0 Å². The van der Waals surface area contributed by atoms with E-state index in [2.05, 4.69) is 4.74 Å². The highest BCUT2D eigenvalue weighted by atomic mass is 19.4. The summed E-state index contributed by atoms with van der Waals surface area (Å²) in [6, 6.07) is 5.93. The minimum Gasteiger partial charge on any atom is -0.459 e. The van der Waals surface area contributed by atoms with Gasteiger partial charge in [-0.2, -0.15) is 9.65 Å². The van der Waals surface area contributed by atoms with E-state index >= 15 is 0 Å². The predicted molar refractivity (Wildman–Crippen MR) is 88.2 cm³/mol. The van der Waals surface area contributed by atoms with Gasteiger partial charge in [-0.3, -0.25) is 0 Å². The first-order valence-corrected chi connectivity index (χ1v) is 8.27. The molecule has 27 heavy (non-hydrogen) atoms. The Bertz CT molecular complexity index is 740. The number of esters is 1. The van der Waals surface area contributed by atoms with Crippen LogP contribution in [0.15, 0.2) is 48.3 Å². The number of carbonyl (C=O) groups excluding carboxylic acids is 1. The molecule has 1 saturated carbocycles. The van der Waals surface area contributed by atoms with E-state index in [1.165, 1.54) is 24.3 Å². The number of ether oxygens (including phenoxy) is 2. The van der Waals surface area contributed by atoms with Gasteiger partial charge in [0, 0.05) is 0 Å². The van der Waals surface area contributed by atoms with Crippen LogP contribution >= 0.6 is 0 Å². The standard InChI is InChI=1S/C19H17F4NO3/c20-15(12-24)3-1-2-13-4-8-16(9-5-13)26-18(25)14-6-10-17(11-7-14)27-19(21,22)23/h1-3,6-7,10-11,13,16H,4-5,8-9H2/t13-,16-. The minimum atomic E-state index is -4.79. The van der Waals surface area contributed by atoms with Crippen molar-refractivity contribution in [1.29, 1.82) is 5.26 Å². The van der Waals surface area contributed by atoms with Crippen LogP contribution in [0.25, 0.3) is 0 Å². The molecular formula is C19H17F4NO3. The van der Waals surface area contributed by atoms with Crippen LogP contribution in [0.4, 0.5) is 17.6 Å². The second kappa shape index (κ2) is 9.21. The van der Waals surface area contributed by atoms with E-state index in [-0.39, 0.29) is 17.6 Å². The Labute approximate surface area is 153 Å². The maximum absolute atomic E-state index is 12.7. The van der Waals surface area contributed by atoms with Crippen LogP contribution in [0.2, 0.25) is 0 Å². The lowest BCUT2D eigenvalue weighted by Gasteiger charge is -2.26. The third kappa shape index (κ3) is 7.13. The van der Waals surface area contributed by atoms with E-state index in [0.717, 1.165) is 31.1 Å². The lowest BCUT2D eigenvalue weighted by molar-refractivity contribution is -0.274. The highest BCUT2D eigenvalue weighted by Crippen LogP contribution is 2.28. The molecule has 0 heterocycles. The Morgan fingerprint density at radius 1 is 1.15 bits per heavy atom. The van der Waals surface area contributed by atoms with Crippen molar-refractivity contribution < 1.29 is 31.8 Å². The van der Waals surface area contributed by atoms with Crippen LogP contribution in [-0.2, 0) is 4.74 Å². The summed E-state index contributed by atoms with van der Waals surface area (Å²) >= 11 is 0. The number of benzene rings is 1. The van der Waals surface area contributed by atoms with Crippen LogP contribution in [0, 0.1) is 17.2 Å². The summed E-state index contributed by atoms with van der Waals surface area (Å²) in [7, 11) is 0. The third-order valence-electron chi connectivity index (χ3n) is 4.05. The van der Waals surface area contributed by atoms with E-state index < -0.39 is 23.9 Å². The van der Waals surface area contributed by atoms with Crippen LogP contribution in [0.1, 0.15) is 36.0 Å². The van der Waals surface area contributed by atoms with E-state index in [1.807, 2.05) is 6.08 Å². The highest BCUT2D eigenvalue weighted by molar-refractivity contribution is 5.89. The quantitative estimate of drug-likeness (QED) is 0.302. The van der Waals surface area contributed by atoms with Crippen LogP contribution in [0.3, 0.4) is 0 Å². The van der Waals surface area contributed by atoms with Crippen molar-refractivity contribution >= 4 is 5.97 Å². The molecule has 0 spiro atoms. The van der Waals surface area contributed by atoms with Gasteiger partial charge in [0.2, 0.25) is 0 Å². The van der Waals surface area contributed by atoms with Crippen molar-refractivity contribution in [2.75, 3.05) is 0 Å². The summed E-state index contributed by atoms with van der Waals surface area (Å²) in [6.07, 6.45) is 2.09. The van der Waals surface area contributed by atoms with Gasteiger partial charge in [0.25, 0.3) is 0 Å². The van der Waals surface area contributed by atoms with Gasteiger partial charge in [0.1, 0.15) is 17.9 Å². The number of alkyl halides is 3. The molecule has 1 aromatic carbocycles. The summed E-state index contributed by atoms with van der Waals surface area (Å²) in [5.74, 6) is -1.66. The lowest BCUT2D eigenvalue weighted by atomic mass is 9.87. The Hall–Kier alpha value is -2.82. The molecule has 1 aromatic rings. The predicted octanol–water partition coefficient (Wildman–Crippen LogP) is 5.23. The molecule has 0 aromatic heterocycles. The van der Waals surface area contributed by atoms with E-state index in [9.17, 15) is 22.4 Å². The summed E-state index contributed by atoms with van der Waals surface area (Å²) in [4.78, 5) is 12.1. The molecule has 1 aliphatic rings. The zero-order chi connectivity index (χ0) is 19.9. The molecule has 0 atom stereocenters. The van der Waals surface area contributed by atoms with Crippen LogP contribution in [0.5, 0.6) is 5.75 Å². The van der Waals surface area contributed by atoms with E-state index in [1.54, 1.807) is 0 Å². The fourth-order valence-electron chi connectivity index (χ4n) is 2.75. The monoisotopic (exact) mass is 383 g/mol. The van der Waals surface area contributed by atoms with E-state index in [0.29, 0.717) is 12.8 Å². The second-order valence-corrected chi connectivity index (χ2v) is 6.03. The number of hydrogen-bond acceptors (Lipinski definition) is 4. The summed E-state index contributed by atoms with van der Waals surface area (Å²) in [6.45, 7) is 0. The summed E-state index contributed by atoms with van der Waals surface area (Å²) in [5, 5.41) is 8.32. The van der Waals surface area contributed by atoms with E-state index in [4.69, 9.17) is 10.00 Å². The molecule has 0 bridgehead atoms. The summed E-state index contributed by atoms with van der Waals surface area (Å²) in [5.41, 5.74) is 0.142. The lowest BCUT2D eigenvalue weighted by Crippen LogP contribution is -2.24. The highest BCUT2D eigenvalue weighted by Gasteiger charge is 2.31. The summed E-state index contributed by atoms with van der Waals surface area (Å²) < 4.78 is 58.2. The SMILES string of the molecule is N#CC(F)=CC=C[C@H]1CC[C@H](OC(=O)c2ccc(OC(F)(F)F)cc2)CC1. The first-order valence-electron chi connectivity index (χ1n) is 8.27. The molecule has 2 rings (SSSR count). The maximum atomic E-state index is 12.7. The topological polar surface area (TPSA) is 59.3 Å². The molecule has 0 N–H and O–H groups in total. The average Bonchev–Trinajstić information content (AvgIpc) is 2.62. The van der Waals surface area contributed by atoms with Gasteiger partial charge in [-0.25, -0.2) is 4.79 Å². The molecule has 8 heteroatoms. The normalized spacial score (nSPS) is 20.9. The number of nitriles is 1. The molecule has 4 nitrogen and oxygen atoms in total. The van der Waals surface area contributed by atoms with Crippen molar-refractivity contribution in [3.8, 4) is 11.8 Å². The molecule has 1 fully saturated rings. The third-order valence-corrected chi connectivity index (χ3v) is 4.05. The van der Waals surface area contributed by atoms with Gasteiger partial charge in [-0.05, 0) is 61.9 Å². The maximum Gasteiger partial charge on any atom is 0.573 e. The van der Waals surface area contributed by atoms with Gasteiger partial charge >= 0.3 is 12.3 Å².